The van der Waals surface area contributed by atoms with Gasteiger partial charge in [-0.2, -0.15) is 8.42 Å². The number of ether oxygens (including phenoxy) is 1. The number of hydrogen-bond donors (Lipinski definition) is 0. The van der Waals surface area contributed by atoms with E-state index in [4.69, 9.17) is 4.74 Å². The lowest BCUT2D eigenvalue weighted by molar-refractivity contribution is 0.0248. The van der Waals surface area contributed by atoms with Crippen LogP contribution in [0.5, 0.6) is 5.75 Å². The molecule has 1 aromatic carbocycles. The molecule has 1 heterocycles. The minimum absolute atomic E-state index is 0.0686. The number of rotatable bonds is 2. The van der Waals surface area contributed by atoms with Gasteiger partial charge in [-0.3, -0.25) is 0 Å². The van der Waals surface area contributed by atoms with Gasteiger partial charge in [-0.25, -0.2) is 4.79 Å². The van der Waals surface area contributed by atoms with Gasteiger partial charge in [0.2, 0.25) is 0 Å². The van der Waals surface area contributed by atoms with Crippen LogP contribution in [-0.4, -0.2) is 38.1 Å². The molecule has 1 atom stereocenters. The molecule has 0 fully saturated rings. The Kier molecular flexibility index (Phi) is 5.08. The van der Waals surface area contributed by atoms with Gasteiger partial charge in [0.25, 0.3) is 0 Å². The molecule has 0 N–H and O–H groups in total. The van der Waals surface area contributed by atoms with Crippen LogP contribution in [0.25, 0.3) is 0 Å². The van der Waals surface area contributed by atoms with E-state index in [1.54, 1.807) is 11.0 Å². The third-order valence-electron chi connectivity index (χ3n) is 3.64. The maximum Gasteiger partial charge on any atom is 0.488 e. The summed E-state index contributed by atoms with van der Waals surface area (Å²) in [6.45, 7) is 8.25. The Morgan fingerprint density at radius 1 is 1.33 bits per heavy atom. The summed E-state index contributed by atoms with van der Waals surface area (Å²) < 4.78 is 43.7. The van der Waals surface area contributed by atoms with Crippen molar-refractivity contribution in [3.63, 3.8) is 0 Å². The fourth-order valence-electron chi connectivity index (χ4n) is 2.69. The molecule has 0 bridgehead atoms. The number of carbonyl (C=O) groups excluding carboxylic acids is 1. The van der Waals surface area contributed by atoms with Crippen molar-refractivity contribution in [3.05, 3.63) is 29.3 Å². The summed E-state index contributed by atoms with van der Waals surface area (Å²) >= 11 is 0. The van der Waals surface area contributed by atoms with Crippen LogP contribution in [0, 0.1) is 0 Å². The molecule has 24 heavy (non-hydrogen) atoms. The normalized spacial score (nSPS) is 18.5. The van der Waals surface area contributed by atoms with Crippen molar-refractivity contribution in [2.24, 2.45) is 0 Å². The molecule has 1 aliphatic heterocycles. The molecular weight excluding hydrogens is 337 g/mol. The van der Waals surface area contributed by atoms with Crippen LogP contribution in [-0.2, 0) is 21.7 Å². The first-order valence-corrected chi connectivity index (χ1v) is 9.00. The van der Waals surface area contributed by atoms with Gasteiger partial charge in [-0.1, -0.05) is 16.9 Å². The van der Waals surface area contributed by atoms with Gasteiger partial charge >= 0.3 is 16.6 Å². The average Bonchev–Trinajstić information content (AvgIpc) is 2.55. The fraction of sp³-hybridized carbons (Fsp3) is 0.562. The van der Waals surface area contributed by atoms with Crippen molar-refractivity contribution in [3.8, 4) is 5.75 Å². The molecule has 0 spiro atoms. The second kappa shape index (κ2) is 6.58. The zero-order valence-corrected chi connectivity index (χ0v) is 15.0. The van der Waals surface area contributed by atoms with Crippen LogP contribution in [0.15, 0.2) is 18.2 Å². The molecule has 1 aromatic rings. The lowest BCUT2D eigenvalue weighted by atomic mass is 9.95. The molecule has 0 aromatic heterocycles. The first-order chi connectivity index (χ1) is 10.9. The highest BCUT2D eigenvalue weighted by Gasteiger charge is 2.27. The number of benzene rings is 1. The molecule has 0 aliphatic carbocycles. The Hall–Kier alpha value is -1.83. The SMILES string of the molecule is CC1CN(C(=O)OC(C)(C)C)CCc2ccc(OS(=O)(=O)F)cc21. The van der Waals surface area contributed by atoms with Gasteiger partial charge in [0.05, 0.1) is 0 Å². The molecule has 6 nitrogen and oxygen atoms in total. The number of amides is 1. The third-order valence-corrected chi connectivity index (χ3v) is 4.03. The minimum Gasteiger partial charge on any atom is -0.444 e. The zero-order valence-electron chi connectivity index (χ0n) is 14.2. The molecule has 0 saturated carbocycles. The van der Waals surface area contributed by atoms with E-state index in [0.29, 0.717) is 19.5 Å². The van der Waals surface area contributed by atoms with Gasteiger partial charge in [0.15, 0.2) is 0 Å². The largest absolute Gasteiger partial charge is 0.488 e. The Labute approximate surface area is 142 Å². The lowest BCUT2D eigenvalue weighted by Crippen LogP contribution is -2.38. The number of halogens is 1. The number of carbonyl (C=O) groups is 1. The summed E-state index contributed by atoms with van der Waals surface area (Å²) in [5.74, 6) is -0.144. The molecule has 1 amide bonds. The molecule has 0 saturated heterocycles. The highest BCUT2D eigenvalue weighted by atomic mass is 32.3. The number of hydrogen-bond acceptors (Lipinski definition) is 5. The predicted molar refractivity (Wildman–Crippen MR) is 87.0 cm³/mol. The van der Waals surface area contributed by atoms with E-state index in [1.807, 2.05) is 27.7 Å². The minimum atomic E-state index is -5.06. The van der Waals surface area contributed by atoms with E-state index < -0.39 is 16.1 Å². The summed E-state index contributed by atoms with van der Waals surface area (Å²) in [5.41, 5.74) is 1.23. The number of nitrogens with zero attached hydrogens (tertiary/aromatic N) is 1. The van der Waals surface area contributed by atoms with E-state index in [-0.39, 0.29) is 17.8 Å². The van der Waals surface area contributed by atoms with E-state index in [0.717, 1.165) is 11.1 Å². The van der Waals surface area contributed by atoms with E-state index >= 15 is 0 Å². The van der Waals surface area contributed by atoms with Crippen LogP contribution in [0.4, 0.5) is 8.68 Å². The Balaban J connectivity index is 2.19. The van der Waals surface area contributed by atoms with Crippen molar-refractivity contribution >= 4 is 16.6 Å². The molecule has 1 unspecified atom stereocenters. The van der Waals surface area contributed by atoms with Gasteiger partial charge < -0.3 is 13.8 Å². The quantitative estimate of drug-likeness (QED) is 0.758. The standard InChI is InChI=1S/C16H22FNO5S/c1-11-10-18(15(19)22-16(2,3)4)8-7-12-5-6-13(9-14(11)12)23-24(17,20)21/h5-6,9,11H,7-8,10H2,1-4H3. The Morgan fingerprint density at radius 3 is 2.58 bits per heavy atom. The zero-order chi connectivity index (χ0) is 18.1. The first kappa shape index (κ1) is 18.5. The maximum absolute atomic E-state index is 12.7. The van der Waals surface area contributed by atoms with Gasteiger partial charge in [0, 0.05) is 13.1 Å². The second-order valence-electron chi connectivity index (χ2n) is 6.91. The Bertz CT molecular complexity index is 726. The fourth-order valence-corrected chi connectivity index (χ4v) is 3.03. The van der Waals surface area contributed by atoms with Crippen molar-refractivity contribution in [1.29, 1.82) is 0 Å². The molecule has 0 radical (unpaired) electrons. The topological polar surface area (TPSA) is 72.9 Å². The summed E-state index contributed by atoms with van der Waals surface area (Å²) in [6.07, 6.45) is 0.214. The highest BCUT2D eigenvalue weighted by Crippen LogP contribution is 2.30. The van der Waals surface area contributed by atoms with Gasteiger partial charge in [-0.05, 0) is 56.4 Å². The van der Waals surface area contributed by atoms with Crippen molar-refractivity contribution in [2.75, 3.05) is 13.1 Å². The lowest BCUT2D eigenvalue weighted by Gasteiger charge is -2.27. The van der Waals surface area contributed by atoms with Crippen molar-refractivity contribution in [2.45, 2.75) is 45.6 Å². The molecule has 8 heteroatoms. The second-order valence-corrected chi connectivity index (χ2v) is 7.87. The van der Waals surface area contributed by atoms with Crippen LogP contribution >= 0.6 is 0 Å². The van der Waals surface area contributed by atoms with Crippen LogP contribution in [0.1, 0.15) is 44.7 Å². The monoisotopic (exact) mass is 359 g/mol. The summed E-state index contributed by atoms with van der Waals surface area (Å²) in [5, 5.41) is 0. The molecule has 134 valence electrons. The van der Waals surface area contributed by atoms with E-state index in [1.165, 1.54) is 12.1 Å². The van der Waals surface area contributed by atoms with E-state index in [9.17, 15) is 17.1 Å². The summed E-state index contributed by atoms with van der Waals surface area (Å²) in [7, 11) is -5.06. The third kappa shape index (κ3) is 5.09. The number of fused-ring (bicyclic) bond motifs is 1. The molecule has 1 aliphatic rings. The van der Waals surface area contributed by atoms with E-state index in [2.05, 4.69) is 4.18 Å². The summed E-state index contributed by atoms with van der Waals surface area (Å²) in [4.78, 5) is 13.9. The Morgan fingerprint density at radius 2 is 2.00 bits per heavy atom. The summed E-state index contributed by atoms with van der Waals surface area (Å²) in [6, 6.07) is 4.62. The molecular formula is C16H22FNO5S. The smallest absolute Gasteiger partial charge is 0.444 e. The van der Waals surface area contributed by atoms with Crippen LogP contribution in [0.3, 0.4) is 0 Å². The van der Waals surface area contributed by atoms with Crippen molar-refractivity contribution in [1.82, 2.24) is 4.90 Å². The highest BCUT2D eigenvalue weighted by molar-refractivity contribution is 7.81. The predicted octanol–water partition coefficient (Wildman–Crippen LogP) is 3.18. The average molecular weight is 359 g/mol. The first-order valence-electron chi connectivity index (χ1n) is 7.69. The molecule has 2 rings (SSSR count). The van der Waals surface area contributed by atoms with Crippen molar-refractivity contribution < 1.29 is 26.0 Å². The van der Waals surface area contributed by atoms with Crippen LogP contribution in [0.2, 0.25) is 0 Å². The van der Waals surface area contributed by atoms with Crippen LogP contribution < -0.4 is 4.18 Å². The maximum atomic E-state index is 12.7. The van der Waals surface area contributed by atoms with Gasteiger partial charge in [-0.15, -0.1) is 0 Å². The van der Waals surface area contributed by atoms with Gasteiger partial charge in [0.1, 0.15) is 11.4 Å².